The fourth-order valence-corrected chi connectivity index (χ4v) is 3.27. The second-order valence-electron chi connectivity index (χ2n) is 5.23. The minimum absolute atomic E-state index is 0.236. The van der Waals surface area contributed by atoms with Crippen LogP contribution >= 0.6 is 11.3 Å². The highest BCUT2D eigenvalue weighted by atomic mass is 32.1. The van der Waals surface area contributed by atoms with E-state index in [2.05, 4.69) is 11.1 Å². The number of ketones is 1. The van der Waals surface area contributed by atoms with Crippen molar-refractivity contribution in [2.24, 2.45) is 7.05 Å². The molecule has 0 saturated heterocycles. The maximum atomic E-state index is 12.6. The molecule has 0 bridgehead atoms. The number of carbonyl (C=O) groups is 1. The van der Waals surface area contributed by atoms with E-state index < -0.39 is 5.92 Å². The summed E-state index contributed by atoms with van der Waals surface area (Å²) < 4.78 is 6.85. The zero-order chi connectivity index (χ0) is 17.1. The monoisotopic (exact) mass is 337 g/mol. The number of benzene rings is 1. The van der Waals surface area contributed by atoms with E-state index in [9.17, 15) is 10.1 Å². The summed E-state index contributed by atoms with van der Waals surface area (Å²) in [4.78, 5) is 17.1. The first kappa shape index (κ1) is 16.0. The van der Waals surface area contributed by atoms with Crippen LogP contribution in [-0.2, 0) is 7.05 Å². The predicted octanol–water partition coefficient (Wildman–Crippen LogP) is 3.65. The molecule has 0 fully saturated rings. The summed E-state index contributed by atoms with van der Waals surface area (Å²) in [6, 6.07) is 13.1. The quantitative estimate of drug-likeness (QED) is 0.667. The fourth-order valence-electron chi connectivity index (χ4n) is 2.41. The highest BCUT2D eigenvalue weighted by Crippen LogP contribution is 2.29. The number of Topliss-reactive ketones (excluding diaryl/α,β-unsaturated/α-hetero) is 1. The average molecular weight is 337 g/mol. The Morgan fingerprint density at radius 1 is 1.33 bits per heavy atom. The molecule has 2 aromatic heterocycles. The average Bonchev–Trinajstić information content (AvgIpc) is 3.25. The van der Waals surface area contributed by atoms with Crippen molar-refractivity contribution in [2.75, 3.05) is 7.11 Å². The number of rotatable bonds is 5. The summed E-state index contributed by atoms with van der Waals surface area (Å²) in [7, 11) is 3.40. The Labute approximate surface area is 143 Å². The van der Waals surface area contributed by atoms with Gasteiger partial charge in [-0.3, -0.25) is 4.79 Å². The number of ether oxygens (including phenoxy) is 1. The fraction of sp³-hybridized carbons (Fsp3) is 0.167. The molecule has 0 aliphatic rings. The van der Waals surface area contributed by atoms with Crippen molar-refractivity contribution in [2.45, 2.75) is 5.92 Å². The van der Waals surface area contributed by atoms with Gasteiger partial charge in [0.25, 0.3) is 0 Å². The van der Waals surface area contributed by atoms with Crippen molar-refractivity contribution in [1.82, 2.24) is 9.55 Å². The number of hydrogen-bond donors (Lipinski definition) is 0. The molecule has 1 atom stereocenters. The van der Waals surface area contributed by atoms with Gasteiger partial charge in [-0.25, -0.2) is 4.98 Å². The lowest BCUT2D eigenvalue weighted by atomic mass is 10.0. The molecule has 1 aromatic carbocycles. The Bertz CT molecular complexity index is 903. The zero-order valence-corrected chi connectivity index (χ0v) is 14.1. The Morgan fingerprint density at radius 3 is 2.67 bits per heavy atom. The van der Waals surface area contributed by atoms with Crippen LogP contribution in [0.2, 0.25) is 0 Å². The van der Waals surface area contributed by atoms with Gasteiger partial charge in [0, 0.05) is 24.2 Å². The summed E-state index contributed by atoms with van der Waals surface area (Å²) in [6.07, 6.45) is 1.78. The third-order valence-corrected chi connectivity index (χ3v) is 4.65. The van der Waals surface area contributed by atoms with Crippen LogP contribution in [0.5, 0.6) is 5.75 Å². The number of aromatic nitrogens is 2. The van der Waals surface area contributed by atoms with E-state index in [1.165, 1.54) is 11.3 Å². The van der Waals surface area contributed by atoms with Crippen LogP contribution in [0.25, 0.3) is 11.3 Å². The van der Waals surface area contributed by atoms with Crippen molar-refractivity contribution in [1.29, 1.82) is 5.26 Å². The highest BCUT2D eigenvalue weighted by molar-refractivity contribution is 7.10. The number of thiazole rings is 1. The maximum absolute atomic E-state index is 12.6. The molecule has 0 radical (unpaired) electrons. The van der Waals surface area contributed by atoms with Crippen molar-refractivity contribution in [3.8, 4) is 23.1 Å². The molecule has 3 rings (SSSR count). The normalized spacial score (nSPS) is 11.7. The summed E-state index contributed by atoms with van der Waals surface area (Å²) >= 11 is 1.32. The Kier molecular flexibility index (Phi) is 4.45. The smallest absolute Gasteiger partial charge is 0.203 e. The molecular weight excluding hydrogens is 322 g/mol. The summed E-state index contributed by atoms with van der Waals surface area (Å²) in [5.41, 5.74) is 2.17. The van der Waals surface area contributed by atoms with Crippen LogP contribution in [0.1, 0.15) is 21.4 Å². The molecule has 6 heteroatoms. The third kappa shape index (κ3) is 2.94. The molecule has 0 spiro atoms. The number of nitrogens with zero attached hydrogens (tertiary/aromatic N) is 3. The van der Waals surface area contributed by atoms with Gasteiger partial charge in [0.2, 0.25) is 5.78 Å². The van der Waals surface area contributed by atoms with Crippen LogP contribution in [-0.4, -0.2) is 22.4 Å². The van der Waals surface area contributed by atoms with E-state index in [-0.39, 0.29) is 5.78 Å². The van der Waals surface area contributed by atoms with Gasteiger partial charge in [-0.15, -0.1) is 11.3 Å². The van der Waals surface area contributed by atoms with Gasteiger partial charge < -0.3 is 9.30 Å². The first-order valence-corrected chi connectivity index (χ1v) is 8.17. The molecule has 0 aliphatic carbocycles. The second kappa shape index (κ2) is 6.69. The molecule has 0 unspecified atom stereocenters. The number of methoxy groups -OCH3 is 1. The van der Waals surface area contributed by atoms with Crippen LogP contribution in [0, 0.1) is 11.3 Å². The SMILES string of the molecule is COc1ccc(-c2csc([C@H](C#N)C(=O)c3cccn3C)n2)cc1. The third-order valence-electron chi connectivity index (χ3n) is 3.74. The lowest BCUT2D eigenvalue weighted by Gasteiger charge is -2.06. The van der Waals surface area contributed by atoms with Crippen LogP contribution in [0.3, 0.4) is 0 Å². The molecule has 24 heavy (non-hydrogen) atoms. The summed E-state index contributed by atoms with van der Waals surface area (Å²) in [6.45, 7) is 0. The predicted molar refractivity (Wildman–Crippen MR) is 92.2 cm³/mol. The minimum Gasteiger partial charge on any atom is -0.497 e. The zero-order valence-electron chi connectivity index (χ0n) is 13.3. The lowest BCUT2D eigenvalue weighted by molar-refractivity contribution is 0.0971. The molecule has 5 nitrogen and oxygen atoms in total. The van der Waals surface area contributed by atoms with E-state index in [0.29, 0.717) is 10.7 Å². The molecule has 0 saturated carbocycles. The lowest BCUT2D eigenvalue weighted by Crippen LogP contribution is -2.14. The number of carbonyl (C=O) groups excluding carboxylic acids is 1. The van der Waals surface area contributed by atoms with E-state index in [1.807, 2.05) is 29.6 Å². The van der Waals surface area contributed by atoms with E-state index in [4.69, 9.17) is 4.74 Å². The van der Waals surface area contributed by atoms with Gasteiger partial charge in [0.1, 0.15) is 10.8 Å². The second-order valence-corrected chi connectivity index (χ2v) is 6.12. The Hall–Kier alpha value is -2.91. The van der Waals surface area contributed by atoms with Crippen molar-refractivity contribution in [3.63, 3.8) is 0 Å². The Balaban J connectivity index is 1.89. The van der Waals surface area contributed by atoms with E-state index in [0.717, 1.165) is 17.0 Å². The van der Waals surface area contributed by atoms with E-state index >= 15 is 0 Å². The van der Waals surface area contributed by atoms with Crippen molar-refractivity contribution >= 4 is 17.1 Å². The molecule has 0 amide bonds. The van der Waals surface area contributed by atoms with Gasteiger partial charge in [0.15, 0.2) is 5.92 Å². The number of hydrogen-bond acceptors (Lipinski definition) is 5. The Morgan fingerprint density at radius 2 is 2.08 bits per heavy atom. The largest absolute Gasteiger partial charge is 0.497 e. The number of aryl methyl sites for hydroxylation is 1. The van der Waals surface area contributed by atoms with Gasteiger partial charge >= 0.3 is 0 Å². The van der Waals surface area contributed by atoms with Gasteiger partial charge in [-0.2, -0.15) is 5.26 Å². The molecule has 3 aromatic rings. The molecular formula is C18H15N3O2S. The van der Waals surface area contributed by atoms with Crippen LogP contribution < -0.4 is 4.74 Å². The molecule has 2 heterocycles. The molecule has 120 valence electrons. The first-order valence-electron chi connectivity index (χ1n) is 7.29. The molecule has 0 aliphatic heterocycles. The van der Waals surface area contributed by atoms with Gasteiger partial charge in [0.05, 0.1) is 24.6 Å². The summed E-state index contributed by atoms with van der Waals surface area (Å²) in [5, 5.41) is 11.8. The highest BCUT2D eigenvalue weighted by Gasteiger charge is 2.26. The van der Waals surface area contributed by atoms with Crippen LogP contribution in [0.4, 0.5) is 0 Å². The first-order chi connectivity index (χ1) is 11.6. The standard InChI is InChI=1S/C18H15N3O2S/c1-21-9-3-4-16(21)17(22)14(10-19)18-20-15(11-24-18)12-5-7-13(23-2)8-6-12/h3-9,11,14H,1-2H3/t14-/m1/s1. The number of nitriles is 1. The van der Waals surface area contributed by atoms with Gasteiger partial charge in [-0.05, 0) is 36.4 Å². The summed E-state index contributed by atoms with van der Waals surface area (Å²) in [5.74, 6) is -0.362. The van der Waals surface area contributed by atoms with Gasteiger partial charge in [-0.1, -0.05) is 0 Å². The van der Waals surface area contributed by atoms with Crippen LogP contribution in [0.15, 0.2) is 48.0 Å². The topological polar surface area (TPSA) is 67.9 Å². The minimum atomic E-state index is -0.893. The van der Waals surface area contributed by atoms with E-state index in [1.54, 1.807) is 37.1 Å². The van der Waals surface area contributed by atoms with Crippen molar-refractivity contribution < 1.29 is 9.53 Å². The molecule has 0 N–H and O–H groups in total. The maximum Gasteiger partial charge on any atom is 0.203 e. The van der Waals surface area contributed by atoms with Crippen molar-refractivity contribution in [3.05, 3.63) is 58.7 Å².